The molecule has 6 heteroatoms. The van der Waals surface area contributed by atoms with Crippen LogP contribution < -0.4 is 14.8 Å². The van der Waals surface area contributed by atoms with E-state index in [2.05, 4.69) is 5.32 Å². The van der Waals surface area contributed by atoms with Gasteiger partial charge in [-0.1, -0.05) is 6.07 Å². The van der Waals surface area contributed by atoms with Gasteiger partial charge < -0.3 is 24.3 Å². The SMILES string of the molecule is COc1ccc(CNC(=O)C(OC)OC)cc1OC. The number of methoxy groups -OCH3 is 4. The van der Waals surface area contributed by atoms with Gasteiger partial charge in [0, 0.05) is 20.8 Å². The van der Waals surface area contributed by atoms with E-state index in [1.807, 2.05) is 6.07 Å². The molecule has 0 heterocycles. The van der Waals surface area contributed by atoms with Crippen LogP contribution in [0.5, 0.6) is 11.5 Å². The van der Waals surface area contributed by atoms with Gasteiger partial charge in [-0.05, 0) is 17.7 Å². The monoisotopic (exact) mass is 269 g/mol. The third kappa shape index (κ3) is 4.11. The van der Waals surface area contributed by atoms with Crippen molar-refractivity contribution < 1.29 is 23.7 Å². The van der Waals surface area contributed by atoms with Gasteiger partial charge in [0.2, 0.25) is 6.29 Å². The molecule has 0 bridgehead atoms. The molecule has 0 atom stereocenters. The highest BCUT2D eigenvalue weighted by molar-refractivity contribution is 5.79. The number of benzene rings is 1. The van der Waals surface area contributed by atoms with Crippen molar-refractivity contribution in [2.75, 3.05) is 28.4 Å². The van der Waals surface area contributed by atoms with E-state index in [9.17, 15) is 4.79 Å². The minimum absolute atomic E-state index is 0.334. The van der Waals surface area contributed by atoms with Gasteiger partial charge in [-0.3, -0.25) is 4.79 Å². The molecule has 0 aromatic heterocycles. The van der Waals surface area contributed by atoms with E-state index < -0.39 is 6.29 Å². The summed E-state index contributed by atoms with van der Waals surface area (Å²) in [4.78, 5) is 11.6. The van der Waals surface area contributed by atoms with E-state index in [0.29, 0.717) is 18.0 Å². The van der Waals surface area contributed by atoms with Crippen LogP contribution in [0.1, 0.15) is 5.56 Å². The molecule has 0 aliphatic carbocycles. The Morgan fingerprint density at radius 2 is 1.74 bits per heavy atom. The van der Waals surface area contributed by atoms with Crippen LogP contribution >= 0.6 is 0 Å². The van der Waals surface area contributed by atoms with Crippen molar-refractivity contribution in [1.82, 2.24) is 5.32 Å². The lowest BCUT2D eigenvalue weighted by molar-refractivity contribution is -0.159. The molecule has 6 nitrogen and oxygen atoms in total. The van der Waals surface area contributed by atoms with Crippen LogP contribution in [0.3, 0.4) is 0 Å². The molecule has 1 aromatic rings. The van der Waals surface area contributed by atoms with Crippen molar-refractivity contribution in [3.63, 3.8) is 0 Å². The number of carbonyl (C=O) groups excluding carboxylic acids is 1. The summed E-state index contributed by atoms with van der Waals surface area (Å²) in [5.41, 5.74) is 0.886. The second kappa shape index (κ2) is 7.60. The predicted molar refractivity (Wildman–Crippen MR) is 69.2 cm³/mol. The van der Waals surface area contributed by atoms with Gasteiger partial charge in [0.1, 0.15) is 0 Å². The van der Waals surface area contributed by atoms with E-state index in [-0.39, 0.29) is 5.91 Å². The van der Waals surface area contributed by atoms with Crippen LogP contribution in [0, 0.1) is 0 Å². The number of carbonyl (C=O) groups is 1. The van der Waals surface area contributed by atoms with Gasteiger partial charge in [-0.15, -0.1) is 0 Å². The summed E-state index contributed by atoms with van der Waals surface area (Å²) < 4.78 is 20.0. The molecule has 1 N–H and O–H groups in total. The lowest BCUT2D eigenvalue weighted by Gasteiger charge is -2.14. The molecule has 19 heavy (non-hydrogen) atoms. The minimum atomic E-state index is -0.903. The molecular weight excluding hydrogens is 250 g/mol. The fourth-order valence-electron chi connectivity index (χ4n) is 1.57. The van der Waals surface area contributed by atoms with Crippen molar-refractivity contribution in [3.05, 3.63) is 23.8 Å². The number of amides is 1. The molecule has 0 fully saturated rings. The van der Waals surface area contributed by atoms with E-state index in [1.54, 1.807) is 26.4 Å². The van der Waals surface area contributed by atoms with Gasteiger partial charge >= 0.3 is 0 Å². The van der Waals surface area contributed by atoms with Crippen LogP contribution in [0.15, 0.2) is 18.2 Å². The minimum Gasteiger partial charge on any atom is -0.493 e. The summed E-state index contributed by atoms with van der Waals surface area (Å²) in [6.45, 7) is 0.350. The topological polar surface area (TPSA) is 66.0 Å². The third-order valence-electron chi connectivity index (χ3n) is 2.56. The first-order chi connectivity index (χ1) is 9.15. The highest BCUT2D eigenvalue weighted by atomic mass is 16.7. The van der Waals surface area contributed by atoms with E-state index in [4.69, 9.17) is 18.9 Å². The average molecular weight is 269 g/mol. The van der Waals surface area contributed by atoms with Crippen LogP contribution in [0.25, 0.3) is 0 Å². The maximum absolute atomic E-state index is 11.6. The van der Waals surface area contributed by atoms with Gasteiger partial charge in [0.15, 0.2) is 11.5 Å². The molecule has 1 rings (SSSR count). The number of rotatable bonds is 7. The zero-order valence-electron chi connectivity index (χ0n) is 11.6. The zero-order chi connectivity index (χ0) is 14.3. The Bertz CT molecular complexity index is 417. The average Bonchev–Trinajstić information content (AvgIpc) is 2.45. The molecule has 1 aromatic carbocycles. The van der Waals surface area contributed by atoms with Crippen LogP contribution in [-0.2, 0) is 20.8 Å². The maximum Gasteiger partial charge on any atom is 0.277 e. The summed E-state index contributed by atoms with van der Waals surface area (Å²) in [6, 6.07) is 5.43. The number of hydrogen-bond acceptors (Lipinski definition) is 5. The summed E-state index contributed by atoms with van der Waals surface area (Å²) in [5.74, 6) is 0.924. The number of ether oxygens (including phenoxy) is 4. The molecule has 0 aliphatic heterocycles. The first kappa shape index (κ1) is 15.3. The Morgan fingerprint density at radius 3 is 2.26 bits per heavy atom. The normalized spacial score (nSPS) is 10.4. The standard InChI is InChI=1S/C13H19NO5/c1-16-10-6-5-9(7-11(10)17-2)8-14-12(15)13(18-3)19-4/h5-7,13H,8H2,1-4H3,(H,14,15). The van der Waals surface area contributed by atoms with Gasteiger partial charge in [0.05, 0.1) is 14.2 Å². The largest absolute Gasteiger partial charge is 0.493 e. The second-order valence-corrected chi connectivity index (χ2v) is 3.71. The fraction of sp³-hybridized carbons (Fsp3) is 0.462. The summed E-state index contributed by atoms with van der Waals surface area (Å²) >= 11 is 0. The first-order valence-electron chi connectivity index (χ1n) is 5.70. The lowest BCUT2D eigenvalue weighted by atomic mass is 10.2. The van der Waals surface area contributed by atoms with Crippen molar-refractivity contribution in [2.45, 2.75) is 12.8 Å². The zero-order valence-corrected chi connectivity index (χ0v) is 11.6. The van der Waals surface area contributed by atoms with Crippen molar-refractivity contribution in [2.24, 2.45) is 0 Å². The maximum atomic E-state index is 11.6. The molecule has 0 aliphatic rings. The Labute approximate surface area is 112 Å². The van der Waals surface area contributed by atoms with E-state index >= 15 is 0 Å². The molecule has 106 valence electrons. The van der Waals surface area contributed by atoms with Gasteiger partial charge in [-0.2, -0.15) is 0 Å². The smallest absolute Gasteiger partial charge is 0.277 e. The highest BCUT2D eigenvalue weighted by Crippen LogP contribution is 2.27. The Hall–Kier alpha value is -1.79. The van der Waals surface area contributed by atoms with Crippen LogP contribution in [-0.4, -0.2) is 40.6 Å². The third-order valence-corrected chi connectivity index (χ3v) is 2.56. The molecule has 0 radical (unpaired) electrons. The Morgan fingerprint density at radius 1 is 1.11 bits per heavy atom. The first-order valence-corrected chi connectivity index (χ1v) is 5.70. The van der Waals surface area contributed by atoms with E-state index in [0.717, 1.165) is 5.56 Å². The molecule has 0 unspecified atom stereocenters. The Balaban J connectivity index is 2.65. The summed E-state index contributed by atoms with van der Waals surface area (Å²) in [5, 5.41) is 2.70. The number of nitrogens with one attached hydrogen (secondary N) is 1. The van der Waals surface area contributed by atoms with Crippen molar-refractivity contribution in [3.8, 4) is 11.5 Å². The highest BCUT2D eigenvalue weighted by Gasteiger charge is 2.16. The predicted octanol–water partition coefficient (Wildman–Crippen LogP) is 0.939. The van der Waals surface area contributed by atoms with Crippen molar-refractivity contribution >= 4 is 5.91 Å². The lowest BCUT2D eigenvalue weighted by Crippen LogP contribution is -2.36. The Kier molecular flexibility index (Phi) is 6.11. The molecular formula is C13H19NO5. The van der Waals surface area contributed by atoms with E-state index in [1.165, 1.54) is 14.2 Å². The van der Waals surface area contributed by atoms with Crippen LogP contribution in [0.4, 0.5) is 0 Å². The second-order valence-electron chi connectivity index (χ2n) is 3.71. The fourth-order valence-corrected chi connectivity index (χ4v) is 1.57. The summed E-state index contributed by atoms with van der Waals surface area (Å²) in [6.07, 6.45) is -0.903. The van der Waals surface area contributed by atoms with Gasteiger partial charge in [0.25, 0.3) is 5.91 Å². The molecule has 1 amide bonds. The number of hydrogen-bond donors (Lipinski definition) is 1. The summed E-state index contributed by atoms with van der Waals surface area (Å²) in [7, 11) is 5.95. The molecule has 0 spiro atoms. The molecule has 0 saturated carbocycles. The molecule has 0 saturated heterocycles. The van der Waals surface area contributed by atoms with Gasteiger partial charge in [-0.25, -0.2) is 0 Å². The van der Waals surface area contributed by atoms with Crippen molar-refractivity contribution in [1.29, 1.82) is 0 Å². The quantitative estimate of drug-likeness (QED) is 0.746. The van der Waals surface area contributed by atoms with Crippen LogP contribution in [0.2, 0.25) is 0 Å².